The van der Waals surface area contributed by atoms with Gasteiger partial charge in [0.1, 0.15) is 0 Å². The first kappa shape index (κ1) is 19.0. The Bertz CT molecular complexity index is 113. The van der Waals surface area contributed by atoms with Crippen LogP contribution in [0.2, 0.25) is 0 Å². The third kappa shape index (κ3) is 18.0. The number of hydrogen-bond acceptors (Lipinski definition) is 0. The molecule has 0 unspecified atom stereocenters. The minimum atomic E-state index is 1.37. The van der Waals surface area contributed by atoms with Crippen LogP contribution in [0.1, 0.15) is 123 Å². The lowest BCUT2D eigenvalue weighted by Gasteiger charge is -2.05. The van der Waals surface area contributed by atoms with E-state index in [0.29, 0.717) is 0 Å². The molecular formula is C19H40. The molecule has 1 saturated carbocycles. The van der Waals surface area contributed by atoms with Crippen LogP contribution < -0.4 is 0 Å². The van der Waals surface area contributed by atoms with Crippen LogP contribution in [0.15, 0.2) is 0 Å². The lowest BCUT2D eigenvalue weighted by atomic mass is 10.0. The number of hydrogen-bond donors (Lipinski definition) is 0. The molecule has 0 aromatic rings. The van der Waals surface area contributed by atoms with E-state index in [9.17, 15) is 0 Å². The van der Waals surface area contributed by atoms with Gasteiger partial charge in [-0.15, -0.1) is 0 Å². The summed E-state index contributed by atoms with van der Waals surface area (Å²) in [6.07, 6.45) is 24.9. The molecule has 0 aromatic heterocycles. The van der Waals surface area contributed by atoms with E-state index in [1.165, 1.54) is 109 Å². The lowest BCUT2D eigenvalue weighted by molar-refractivity contribution is 0.504. The maximum atomic E-state index is 2.28. The first-order valence-electron chi connectivity index (χ1n) is 9.41. The zero-order valence-corrected chi connectivity index (χ0v) is 14.0. The molecule has 0 heterocycles. The third-order valence-electron chi connectivity index (χ3n) is 4.21. The number of rotatable bonds is 10. The van der Waals surface area contributed by atoms with Gasteiger partial charge in [0.2, 0.25) is 0 Å². The van der Waals surface area contributed by atoms with Crippen LogP contribution in [-0.4, -0.2) is 0 Å². The molecule has 19 heavy (non-hydrogen) atoms. The Hall–Kier alpha value is 0. The quantitative estimate of drug-likeness (QED) is 0.357. The second-order valence-corrected chi connectivity index (χ2v) is 6.30. The fourth-order valence-electron chi connectivity index (χ4n) is 2.80. The summed E-state index contributed by atoms with van der Waals surface area (Å²) in [4.78, 5) is 0. The zero-order chi connectivity index (χ0) is 14.0. The summed E-state index contributed by atoms with van der Waals surface area (Å²) >= 11 is 0. The summed E-state index contributed by atoms with van der Waals surface area (Å²) in [5, 5.41) is 0. The first-order chi connectivity index (χ1) is 9.41. The van der Waals surface area contributed by atoms with Gasteiger partial charge >= 0.3 is 0 Å². The van der Waals surface area contributed by atoms with Crippen molar-refractivity contribution in [1.82, 2.24) is 0 Å². The zero-order valence-electron chi connectivity index (χ0n) is 14.0. The van der Waals surface area contributed by atoms with E-state index < -0.39 is 0 Å². The standard InChI is InChI=1S/C13H28.C6H12/c1-3-5-7-9-11-13-12-10-8-6-4-2;1-2-4-6-5-3-1/h3-13H2,1-2H3;1-6H2. The molecule has 0 radical (unpaired) electrons. The van der Waals surface area contributed by atoms with Crippen LogP contribution in [0.25, 0.3) is 0 Å². The molecule has 0 saturated heterocycles. The number of unbranched alkanes of at least 4 members (excludes halogenated alkanes) is 10. The maximum absolute atomic E-state index is 2.28. The van der Waals surface area contributed by atoms with E-state index in [2.05, 4.69) is 13.8 Å². The van der Waals surface area contributed by atoms with Gasteiger partial charge < -0.3 is 0 Å². The molecule has 116 valence electrons. The molecule has 0 amide bonds. The summed E-state index contributed by atoms with van der Waals surface area (Å²) in [7, 11) is 0. The van der Waals surface area contributed by atoms with E-state index in [1.807, 2.05) is 0 Å². The molecule has 0 spiro atoms. The van der Waals surface area contributed by atoms with Gasteiger partial charge in [-0.1, -0.05) is 123 Å². The molecule has 0 heteroatoms. The van der Waals surface area contributed by atoms with Gasteiger partial charge in [0.25, 0.3) is 0 Å². The van der Waals surface area contributed by atoms with Crippen LogP contribution in [0, 0.1) is 0 Å². The minimum absolute atomic E-state index is 1.37. The molecule has 1 fully saturated rings. The van der Waals surface area contributed by atoms with Gasteiger partial charge in [0.15, 0.2) is 0 Å². The largest absolute Gasteiger partial charge is 0.0654 e. The smallest absolute Gasteiger partial charge is 0.0533 e. The molecule has 0 nitrogen and oxygen atoms in total. The Morgan fingerprint density at radius 2 is 0.579 bits per heavy atom. The molecule has 0 aromatic carbocycles. The SMILES string of the molecule is C1CCCCC1.CCCCCCCCCCCCC. The van der Waals surface area contributed by atoms with Crippen molar-refractivity contribution < 1.29 is 0 Å². The van der Waals surface area contributed by atoms with Gasteiger partial charge in [0, 0.05) is 0 Å². The molecule has 0 aliphatic heterocycles. The van der Waals surface area contributed by atoms with Crippen LogP contribution in [-0.2, 0) is 0 Å². The molecule has 1 aliphatic carbocycles. The van der Waals surface area contributed by atoms with Crippen molar-refractivity contribution in [3.63, 3.8) is 0 Å². The summed E-state index contributed by atoms with van der Waals surface area (Å²) in [5.74, 6) is 0. The highest BCUT2D eigenvalue weighted by atomic mass is 14.0. The van der Waals surface area contributed by atoms with Crippen LogP contribution in [0.5, 0.6) is 0 Å². The van der Waals surface area contributed by atoms with E-state index in [1.54, 1.807) is 0 Å². The van der Waals surface area contributed by atoms with Crippen molar-refractivity contribution in [2.45, 2.75) is 123 Å². The van der Waals surface area contributed by atoms with Crippen molar-refractivity contribution >= 4 is 0 Å². The molecular weight excluding hydrogens is 228 g/mol. The predicted molar refractivity (Wildman–Crippen MR) is 89.8 cm³/mol. The molecule has 0 atom stereocenters. The van der Waals surface area contributed by atoms with Gasteiger partial charge in [-0.2, -0.15) is 0 Å². The molecule has 0 bridgehead atoms. The van der Waals surface area contributed by atoms with Crippen molar-refractivity contribution in [2.75, 3.05) is 0 Å². The van der Waals surface area contributed by atoms with Crippen LogP contribution in [0.3, 0.4) is 0 Å². The predicted octanol–water partition coefficient (Wildman–Crippen LogP) is 7.66. The Morgan fingerprint density at radius 1 is 0.368 bits per heavy atom. The summed E-state index contributed by atoms with van der Waals surface area (Å²) in [5.41, 5.74) is 0. The summed E-state index contributed by atoms with van der Waals surface area (Å²) < 4.78 is 0. The second kappa shape index (κ2) is 18.0. The van der Waals surface area contributed by atoms with Crippen molar-refractivity contribution in [3.8, 4) is 0 Å². The van der Waals surface area contributed by atoms with E-state index in [4.69, 9.17) is 0 Å². The average Bonchev–Trinajstić information content (AvgIpc) is 2.48. The Morgan fingerprint density at radius 3 is 0.789 bits per heavy atom. The Labute approximate surface area is 123 Å². The second-order valence-electron chi connectivity index (χ2n) is 6.30. The highest BCUT2D eigenvalue weighted by Crippen LogP contribution is 2.15. The van der Waals surface area contributed by atoms with Gasteiger partial charge in [-0.25, -0.2) is 0 Å². The highest BCUT2D eigenvalue weighted by Gasteiger charge is 1.95. The highest BCUT2D eigenvalue weighted by molar-refractivity contribution is 4.51. The lowest BCUT2D eigenvalue weighted by Crippen LogP contribution is -1.85. The van der Waals surface area contributed by atoms with Gasteiger partial charge in [-0.3, -0.25) is 0 Å². The Kier molecular flexibility index (Phi) is 18.0. The van der Waals surface area contributed by atoms with Gasteiger partial charge in [-0.05, 0) is 0 Å². The normalized spacial score (nSPS) is 14.8. The average molecular weight is 269 g/mol. The van der Waals surface area contributed by atoms with Gasteiger partial charge in [0.05, 0.1) is 0 Å². The maximum Gasteiger partial charge on any atom is -0.0533 e. The molecule has 1 aliphatic rings. The fraction of sp³-hybridized carbons (Fsp3) is 1.00. The van der Waals surface area contributed by atoms with Crippen LogP contribution in [0.4, 0.5) is 0 Å². The van der Waals surface area contributed by atoms with E-state index >= 15 is 0 Å². The third-order valence-corrected chi connectivity index (χ3v) is 4.21. The topological polar surface area (TPSA) is 0 Å². The molecule has 0 N–H and O–H groups in total. The Balaban J connectivity index is 0.000000443. The minimum Gasteiger partial charge on any atom is -0.0654 e. The molecule has 1 rings (SSSR count). The fourth-order valence-corrected chi connectivity index (χ4v) is 2.80. The van der Waals surface area contributed by atoms with Crippen LogP contribution >= 0.6 is 0 Å². The van der Waals surface area contributed by atoms with Crippen molar-refractivity contribution in [1.29, 1.82) is 0 Å². The first-order valence-corrected chi connectivity index (χ1v) is 9.41. The monoisotopic (exact) mass is 268 g/mol. The van der Waals surface area contributed by atoms with Crippen molar-refractivity contribution in [3.05, 3.63) is 0 Å². The van der Waals surface area contributed by atoms with E-state index in [-0.39, 0.29) is 0 Å². The van der Waals surface area contributed by atoms with E-state index in [0.717, 1.165) is 0 Å². The summed E-state index contributed by atoms with van der Waals surface area (Å²) in [6, 6.07) is 0. The summed E-state index contributed by atoms with van der Waals surface area (Å²) in [6.45, 7) is 4.56. The van der Waals surface area contributed by atoms with Crippen molar-refractivity contribution in [2.24, 2.45) is 0 Å².